The fraction of sp³-hybridized carbons (Fsp3) is 0.400. The average molecular weight is 258 g/mol. The molecule has 4 heteroatoms. The van der Waals surface area contributed by atoms with Crippen molar-refractivity contribution in [2.24, 2.45) is 5.73 Å². The molecule has 1 fully saturated rings. The Morgan fingerprint density at radius 2 is 2.21 bits per heavy atom. The van der Waals surface area contributed by atoms with Crippen LogP contribution in [0, 0.1) is 0 Å². The maximum absolute atomic E-state index is 11.9. The number of aromatic amines is 1. The van der Waals surface area contributed by atoms with Gasteiger partial charge in [-0.2, -0.15) is 0 Å². The van der Waals surface area contributed by atoms with Gasteiger partial charge in [0.1, 0.15) is 12.1 Å². The number of carbonyl (C=O) groups is 1. The van der Waals surface area contributed by atoms with Gasteiger partial charge in [-0.1, -0.05) is 18.2 Å². The van der Waals surface area contributed by atoms with Gasteiger partial charge < -0.3 is 15.5 Å². The van der Waals surface area contributed by atoms with Crippen molar-refractivity contribution in [1.82, 2.24) is 4.98 Å². The zero-order valence-corrected chi connectivity index (χ0v) is 10.8. The van der Waals surface area contributed by atoms with Crippen molar-refractivity contribution in [3.05, 3.63) is 36.0 Å². The van der Waals surface area contributed by atoms with Crippen LogP contribution in [0.25, 0.3) is 10.9 Å². The first-order valence-electron chi connectivity index (χ1n) is 6.75. The third-order valence-corrected chi connectivity index (χ3v) is 3.75. The van der Waals surface area contributed by atoms with Crippen molar-refractivity contribution in [3.8, 4) is 0 Å². The molecule has 1 aromatic heterocycles. The minimum Gasteiger partial charge on any atom is -0.461 e. The number of para-hydroxylation sites is 1. The number of ether oxygens (including phenoxy) is 1. The molecule has 1 atom stereocenters. The Labute approximate surface area is 111 Å². The van der Waals surface area contributed by atoms with E-state index in [4.69, 9.17) is 10.5 Å². The molecule has 3 N–H and O–H groups in total. The average Bonchev–Trinajstić information content (AvgIpc) is 2.77. The van der Waals surface area contributed by atoms with E-state index in [0.717, 1.165) is 35.7 Å². The van der Waals surface area contributed by atoms with Gasteiger partial charge in [0.25, 0.3) is 0 Å². The fourth-order valence-corrected chi connectivity index (χ4v) is 2.36. The van der Waals surface area contributed by atoms with Crippen LogP contribution >= 0.6 is 0 Å². The number of rotatable bonds is 4. The van der Waals surface area contributed by atoms with Crippen molar-refractivity contribution >= 4 is 16.9 Å². The predicted octanol–water partition coefficient (Wildman–Crippen LogP) is 2.13. The maximum atomic E-state index is 11.9. The van der Waals surface area contributed by atoms with Crippen LogP contribution in [0.15, 0.2) is 30.5 Å². The standard InChI is InChI=1S/C15H18N2O2/c16-13(15(18)19-11-4-3-5-11)8-10-9-17-14-7-2-1-6-12(10)14/h1-2,6-7,9,11,13,17H,3-5,8,16H2. The number of carbonyl (C=O) groups excluding carboxylic acids is 1. The lowest BCUT2D eigenvalue weighted by atomic mass is 9.96. The number of nitrogens with one attached hydrogen (secondary N) is 1. The zero-order chi connectivity index (χ0) is 13.2. The molecule has 0 amide bonds. The zero-order valence-electron chi connectivity index (χ0n) is 10.8. The first-order valence-corrected chi connectivity index (χ1v) is 6.75. The normalized spacial score (nSPS) is 17.1. The number of aromatic nitrogens is 1. The highest BCUT2D eigenvalue weighted by atomic mass is 16.5. The Bertz CT molecular complexity index is 587. The molecule has 1 saturated carbocycles. The summed E-state index contributed by atoms with van der Waals surface area (Å²) in [5.74, 6) is -0.282. The van der Waals surface area contributed by atoms with Crippen molar-refractivity contribution in [1.29, 1.82) is 0 Å². The van der Waals surface area contributed by atoms with Gasteiger partial charge in [-0.25, -0.2) is 0 Å². The number of hydrogen-bond acceptors (Lipinski definition) is 3. The number of benzene rings is 1. The molecule has 0 bridgehead atoms. The summed E-state index contributed by atoms with van der Waals surface area (Å²) in [6, 6.07) is 7.42. The molecule has 1 aliphatic carbocycles. The lowest BCUT2D eigenvalue weighted by Crippen LogP contribution is -2.38. The van der Waals surface area contributed by atoms with E-state index in [1.165, 1.54) is 0 Å². The molecule has 0 saturated heterocycles. The summed E-state index contributed by atoms with van der Waals surface area (Å²) >= 11 is 0. The minimum absolute atomic E-state index is 0.0986. The Hall–Kier alpha value is -1.81. The molecule has 3 rings (SSSR count). The molecule has 100 valence electrons. The minimum atomic E-state index is -0.584. The van der Waals surface area contributed by atoms with Crippen LogP contribution in [0.3, 0.4) is 0 Å². The van der Waals surface area contributed by atoms with Crippen LogP contribution in [-0.4, -0.2) is 23.1 Å². The number of hydrogen-bond donors (Lipinski definition) is 2. The molecule has 0 aliphatic heterocycles. The molecule has 1 unspecified atom stereocenters. The van der Waals surface area contributed by atoms with E-state index in [-0.39, 0.29) is 12.1 Å². The van der Waals surface area contributed by atoms with Crippen LogP contribution in [0.2, 0.25) is 0 Å². The molecule has 2 aromatic rings. The highest BCUT2D eigenvalue weighted by Crippen LogP contribution is 2.23. The van der Waals surface area contributed by atoms with Crippen LogP contribution < -0.4 is 5.73 Å². The van der Waals surface area contributed by atoms with Gasteiger partial charge in [-0.3, -0.25) is 4.79 Å². The van der Waals surface area contributed by atoms with Gasteiger partial charge >= 0.3 is 5.97 Å². The van der Waals surface area contributed by atoms with Gasteiger partial charge in [0.2, 0.25) is 0 Å². The second-order valence-corrected chi connectivity index (χ2v) is 5.16. The summed E-state index contributed by atoms with van der Waals surface area (Å²) in [7, 11) is 0. The van der Waals surface area contributed by atoms with E-state index in [1.54, 1.807) is 0 Å². The van der Waals surface area contributed by atoms with Crippen molar-refractivity contribution in [2.75, 3.05) is 0 Å². The molecule has 4 nitrogen and oxygen atoms in total. The summed E-state index contributed by atoms with van der Waals surface area (Å²) < 4.78 is 5.33. The Kier molecular flexibility index (Phi) is 3.25. The number of fused-ring (bicyclic) bond motifs is 1. The van der Waals surface area contributed by atoms with E-state index in [9.17, 15) is 4.79 Å². The Morgan fingerprint density at radius 3 is 2.95 bits per heavy atom. The molecule has 1 heterocycles. The first kappa shape index (κ1) is 12.2. The number of esters is 1. The fourth-order valence-electron chi connectivity index (χ4n) is 2.36. The van der Waals surface area contributed by atoms with Crippen LogP contribution in [0.1, 0.15) is 24.8 Å². The Morgan fingerprint density at radius 1 is 1.42 bits per heavy atom. The highest BCUT2D eigenvalue weighted by Gasteiger charge is 2.25. The molecule has 1 aromatic carbocycles. The van der Waals surface area contributed by atoms with Gasteiger partial charge in [0.05, 0.1) is 0 Å². The summed E-state index contributed by atoms with van der Waals surface area (Å²) in [5.41, 5.74) is 8.07. The van der Waals surface area contributed by atoms with Crippen LogP contribution in [-0.2, 0) is 16.0 Å². The van der Waals surface area contributed by atoms with Gasteiger partial charge in [-0.05, 0) is 30.9 Å². The Balaban J connectivity index is 1.68. The predicted molar refractivity (Wildman–Crippen MR) is 73.7 cm³/mol. The summed E-state index contributed by atoms with van der Waals surface area (Å²) in [6.45, 7) is 0. The van der Waals surface area contributed by atoms with E-state index >= 15 is 0 Å². The second kappa shape index (κ2) is 5.05. The quantitative estimate of drug-likeness (QED) is 0.825. The lowest BCUT2D eigenvalue weighted by molar-refractivity contribution is -0.154. The molecular formula is C15H18N2O2. The summed E-state index contributed by atoms with van der Waals surface area (Å²) in [6.07, 6.45) is 5.63. The van der Waals surface area contributed by atoms with Crippen molar-refractivity contribution < 1.29 is 9.53 Å². The monoisotopic (exact) mass is 258 g/mol. The number of nitrogens with two attached hydrogens (primary N) is 1. The molecule has 1 aliphatic rings. The molecule has 0 radical (unpaired) electrons. The second-order valence-electron chi connectivity index (χ2n) is 5.16. The van der Waals surface area contributed by atoms with E-state index in [2.05, 4.69) is 4.98 Å². The topological polar surface area (TPSA) is 68.1 Å². The third-order valence-electron chi connectivity index (χ3n) is 3.75. The van der Waals surface area contributed by atoms with E-state index < -0.39 is 6.04 Å². The van der Waals surface area contributed by atoms with Gasteiger partial charge in [0, 0.05) is 23.5 Å². The van der Waals surface area contributed by atoms with E-state index in [0.29, 0.717) is 6.42 Å². The third kappa shape index (κ3) is 2.49. The summed E-state index contributed by atoms with van der Waals surface area (Å²) in [5, 5.41) is 1.12. The maximum Gasteiger partial charge on any atom is 0.323 e. The largest absolute Gasteiger partial charge is 0.461 e. The molecular weight excluding hydrogens is 240 g/mol. The highest BCUT2D eigenvalue weighted by molar-refractivity contribution is 5.84. The van der Waals surface area contributed by atoms with Gasteiger partial charge in [0.15, 0.2) is 0 Å². The molecule has 0 spiro atoms. The molecule has 19 heavy (non-hydrogen) atoms. The van der Waals surface area contributed by atoms with Crippen LogP contribution in [0.5, 0.6) is 0 Å². The lowest BCUT2D eigenvalue weighted by Gasteiger charge is -2.26. The van der Waals surface area contributed by atoms with Gasteiger partial charge in [-0.15, -0.1) is 0 Å². The van der Waals surface area contributed by atoms with E-state index in [1.807, 2.05) is 30.5 Å². The van der Waals surface area contributed by atoms with Crippen molar-refractivity contribution in [3.63, 3.8) is 0 Å². The first-order chi connectivity index (χ1) is 9.24. The van der Waals surface area contributed by atoms with Crippen molar-refractivity contribution in [2.45, 2.75) is 37.8 Å². The SMILES string of the molecule is NC(Cc1c[nH]c2ccccc12)C(=O)OC1CCC1. The van der Waals surface area contributed by atoms with Crippen LogP contribution in [0.4, 0.5) is 0 Å². The smallest absolute Gasteiger partial charge is 0.323 e. The summed E-state index contributed by atoms with van der Waals surface area (Å²) in [4.78, 5) is 15.0. The number of H-pyrrole nitrogens is 1.